The molecular formula is C26H26N6O3. The molecule has 9 nitrogen and oxygen atoms in total. The van der Waals surface area contributed by atoms with Gasteiger partial charge in [-0.3, -0.25) is 0 Å². The molecule has 0 atom stereocenters. The van der Waals surface area contributed by atoms with Crippen molar-refractivity contribution in [1.82, 2.24) is 24.8 Å². The van der Waals surface area contributed by atoms with Gasteiger partial charge in [-0.1, -0.05) is 43.3 Å². The van der Waals surface area contributed by atoms with E-state index in [0.717, 1.165) is 28.1 Å². The van der Waals surface area contributed by atoms with Gasteiger partial charge in [-0.15, -0.1) is 5.10 Å². The number of esters is 1. The van der Waals surface area contributed by atoms with E-state index < -0.39 is 5.97 Å². The standard InChI is InChI=1S/C26H26N6O3/c1-5-22-21(15-27)23(24(31(22)3)26(33)35-6-2)18-9-11-19(12-10-18)25-28-29-30-32(25)16-17-7-13-20(34-4)14-8-17/h7-14H,5-6,16H2,1-4H3. The van der Waals surface area contributed by atoms with E-state index in [1.54, 1.807) is 30.3 Å². The number of ether oxygens (including phenoxy) is 2. The van der Waals surface area contributed by atoms with Crippen LogP contribution in [0.25, 0.3) is 22.5 Å². The molecule has 35 heavy (non-hydrogen) atoms. The molecular weight excluding hydrogens is 444 g/mol. The number of rotatable bonds is 8. The van der Waals surface area contributed by atoms with Crippen molar-refractivity contribution in [3.05, 3.63) is 71.0 Å². The molecule has 4 rings (SSSR count). The zero-order valence-corrected chi connectivity index (χ0v) is 20.1. The SMILES string of the molecule is CCOC(=O)c1c(-c2ccc(-c3nnnn3Cc3ccc(OC)cc3)cc2)c(C#N)c(CC)n1C. The van der Waals surface area contributed by atoms with Crippen molar-refractivity contribution < 1.29 is 14.3 Å². The van der Waals surface area contributed by atoms with Crippen LogP contribution in [0.1, 0.15) is 41.2 Å². The van der Waals surface area contributed by atoms with Crippen molar-refractivity contribution >= 4 is 5.97 Å². The molecule has 0 aliphatic carbocycles. The number of carbonyl (C=O) groups is 1. The highest BCUT2D eigenvalue weighted by molar-refractivity contribution is 5.98. The van der Waals surface area contributed by atoms with Gasteiger partial charge in [-0.2, -0.15) is 5.26 Å². The van der Waals surface area contributed by atoms with E-state index >= 15 is 0 Å². The van der Waals surface area contributed by atoms with Crippen molar-refractivity contribution in [2.45, 2.75) is 26.8 Å². The molecule has 0 amide bonds. The highest BCUT2D eigenvalue weighted by Crippen LogP contribution is 2.34. The lowest BCUT2D eigenvalue weighted by molar-refractivity contribution is 0.0516. The van der Waals surface area contributed by atoms with Crippen LogP contribution in [0.4, 0.5) is 0 Å². The molecule has 0 fully saturated rings. The highest BCUT2D eigenvalue weighted by Gasteiger charge is 2.27. The minimum Gasteiger partial charge on any atom is -0.497 e. The summed E-state index contributed by atoms with van der Waals surface area (Å²) < 4.78 is 14.0. The third kappa shape index (κ3) is 4.51. The molecule has 2 aromatic carbocycles. The van der Waals surface area contributed by atoms with E-state index in [9.17, 15) is 10.1 Å². The van der Waals surface area contributed by atoms with Crippen LogP contribution in [0.2, 0.25) is 0 Å². The Morgan fingerprint density at radius 1 is 1.06 bits per heavy atom. The van der Waals surface area contributed by atoms with E-state index in [4.69, 9.17) is 9.47 Å². The number of hydrogen-bond donors (Lipinski definition) is 0. The second kappa shape index (κ2) is 10.2. The summed E-state index contributed by atoms with van der Waals surface area (Å²) in [7, 11) is 3.42. The molecule has 0 spiro atoms. The largest absolute Gasteiger partial charge is 0.497 e. The number of benzene rings is 2. The fourth-order valence-corrected chi connectivity index (χ4v) is 4.19. The second-order valence-corrected chi connectivity index (χ2v) is 7.88. The van der Waals surface area contributed by atoms with Crippen LogP contribution in [0.5, 0.6) is 5.75 Å². The maximum atomic E-state index is 12.8. The molecule has 9 heteroatoms. The van der Waals surface area contributed by atoms with E-state index in [-0.39, 0.29) is 6.61 Å². The molecule has 4 aromatic rings. The Hall–Kier alpha value is -4.45. The summed E-state index contributed by atoms with van der Waals surface area (Å²) in [6.45, 7) is 4.47. The predicted molar refractivity (Wildman–Crippen MR) is 130 cm³/mol. The van der Waals surface area contributed by atoms with Crippen LogP contribution in [0, 0.1) is 11.3 Å². The highest BCUT2D eigenvalue weighted by atomic mass is 16.5. The Labute approximate surface area is 203 Å². The average Bonchev–Trinajstić information content (AvgIpc) is 3.46. The van der Waals surface area contributed by atoms with Crippen LogP contribution < -0.4 is 4.74 Å². The number of carbonyl (C=O) groups excluding carboxylic acids is 1. The molecule has 0 N–H and O–H groups in total. The maximum Gasteiger partial charge on any atom is 0.355 e. The minimum atomic E-state index is -0.450. The third-order valence-corrected chi connectivity index (χ3v) is 5.89. The van der Waals surface area contributed by atoms with Crippen LogP contribution in [-0.4, -0.2) is 44.5 Å². The predicted octanol–water partition coefficient (Wildman–Crippen LogP) is 4.01. The first-order valence-corrected chi connectivity index (χ1v) is 11.3. The summed E-state index contributed by atoms with van der Waals surface area (Å²) in [5.74, 6) is 0.946. The van der Waals surface area contributed by atoms with Crippen LogP contribution in [-0.2, 0) is 24.8 Å². The van der Waals surface area contributed by atoms with Gasteiger partial charge in [0.1, 0.15) is 17.5 Å². The number of hydrogen-bond acceptors (Lipinski definition) is 7. The molecule has 2 heterocycles. The van der Waals surface area contributed by atoms with E-state index in [2.05, 4.69) is 21.6 Å². The first kappa shape index (κ1) is 23.7. The van der Waals surface area contributed by atoms with Gasteiger partial charge >= 0.3 is 5.97 Å². The first-order valence-electron chi connectivity index (χ1n) is 11.3. The fourth-order valence-electron chi connectivity index (χ4n) is 4.19. The average molecular weight is 471 g/mol. The van der Waals surface area contributed by atoms with Crippen molar-refractivity contribution in [1.29, 1.82) is 5.26 Å². The Balaban J connectivity index is 1.70. The number of nitrogens with zero attached hydrogens (tertiary/aromatic N) is 6. The molecule has 0 saturated carbocycles. The zero-order valence-electron chi connectivity index (χ0n) is 20.1. The number of tetrazole rings is 1. The quantitative estimate of drug-likeness (QED) is 0.358. The molecule has 0 aliphatic heterocycles. The van der Waals surface area contributed by atoms with Crippen LogP contribution >= 0.6 is 0 Å². The van der Waals surface area contributed by atoms with Crippen molar-refractivity contribution in [2.24, 2.45) is 7.05 Å². The smallest absolute Gasteiger partial charge is 0.355 e. The van der Waals surface area contributed by atoms with Crippen molar-refractivity contribution in [2.75, 3.05) is 13.7 Å². The van der Waals surface area contributed by atoms with E-state index in [0.29, 0.717) is 35.6 Å². The summed E-state index contributed by atoms with van der Waals surface area (Å²) in [5.41, 5.74) is 4.82. The lowest BCUT2D eigenvalue weighted by Crippen LogP contribution is -2.12. The first-order chi connectivity index (χ1) is 17.0. The number of methoxy groups -OCH3 is 1. The molecule has 178 valence electrons. The van der Waals surface area contributed by atoms with Crippen LogP contribution in [0.15, 0.2) is 48.5 Å². The monoisotopic (exact) mass is 470 g/mol. The number of nitriles is 1. The van der Waals surface area contributed by atoms with Crippen molar-refractivity contribution in [3.8, 4) is 34.3 Å². The fraction of sp³-hybridized carbons (Fsp3) is 0.269. The van der Waals surface area contributed by atoms with Gasteiger partial charge in [0.15, 0.2) is 5.82 Å². The summed E-state index contributed by atoms with van der Waals surface area (Å²) >= 11 is 0. The molecule has 2 aromatic heterocycles. The minimum absolute atomic E-state index is 0.253. The molecule has 0 radical (unpaired) electrons. The van der Waals surface area contributed by atoms with Gasteiger partial charge in [-0.05, 0) is 47.0 Å². The van der Waals surface area contributed by atoms with Gasteiger partial charge in [0.05, 0.1) is 25.8 Å². The van der Waals surface area contributed by atoms with Crippen molar-refractivity contribution in [3.63, 3.8) is 0 Å². The maximum absolute atomic E-state index is 12.8. The van der Waals surface area contributed by atoms with Gasteiger partial charge in [-0.25, -0.2) is 9.48 Å². The summed E-state index contributed by atoms with van der Waals surface area (Å²) in [4.78, 5) is 12.8. The molecule has 0 bridgehead atoms. The van der Waals surface area contributed by atoms with Gasteiger partial charge < -0.3 is 14.0 Å². The van der Waals surface area contributed by atoms with E-state index in [1.165, 1.54) is 0 Å². The van der Waals surface area contributed by atoms with Gasteiger partial charge in [0.25, 0.3) is 0 Å². The van der Waals surface area contributed by atoms with Crippen LogP contribution in [0.3, 0.4) is 0 Å². The Morgan fingerprint density at radius 3 is 2.34 bits per heavy atom. The summed E-state index contributed by atoms with van der Waals surface area (Å²) in [6, 6.07) is 17.5. The van der Waals surface area contributed by atoms with E-state index in [1.807, 2.05) is 55.5 Å². The third-order valence-electron chi connectivity index (χ3n) is 5.89. The Bertz CT molecular complexity index is 1380. The molecule has 0 saturated heterocycles. The number of aromatic nitrogens is 5. The van der Waals surface area contributed by atoms with Gasteiger partial charge in [0, 0.05) is 23.9 Å². The second-order valence-electron chi connectivity index (χ2n) is 7.88. The summed E-state index contributed by atoms with van der Waals surface area (Å²) in [5, 5.41) is 22.1. The lowest BCUT2D eigenvalue weighted by Gasteiger charge is -2.09. The lowest BCUT2D eigenvalue weighted by atomic mass is 9.98. The zero-order chi connectivity index (χ0) is 24.9. The normalized spacial score (nSPS) is 10.7. The topological polar surface area (TPSA) is 108 Å². The molecule has 0 unspecified atom stereocenters. The molecule has 0 aliphatic rings. The summed E-state index contributed by atoms with van der Waals surface area (Å²) in [6.07, 6.45) is 0.615. The Morgan fingerprint density at radius 2 is 1.74 bits per heavy atom. The Kier molecular flexibility index (Phi) is 6.92. The van der Waals surface area contributed by atoms with Gasteiger partial charge in [0.2, 0.25) is 0 Å².